The molecular formula is C26H34N4O3S. The van der Waals surface area contributed by atoms with Crippen molar-refractivity contribution in [2.75, 3.05) is 39.8 Å². The molecule has 4 heterocycles. The second-order valence-corrected chi connectivity index (χ2v) is 10.9. The van der Waals surface area contributed by atoms with E-state index >= 15 is 0 Å². The summed E-state index contributed by atoms with van der Waals surface area (Å²) < 4.78 is 5.21. The Morgan fingerprint density at radius 2 is 1.62 bits per heavy atom. The number of methoxy groups -OCH3 is 1. The van der Waals surface area contributed by atoms with Crippen LogP contribution in [0.25, 0.3) is 0 Å². The van der Waals surface area contributed by atoms with Gasteiger partial charge in [0, 0.05) is 48.9 Å². The molecule has 7 nitrogen and oxygen atoms in total. The molecule has 2 aromatic rings. The maximum absolute atomic E-state index is 13.2. The third-order valence-corrected chi connectivity index (χ3v) is 8.24. The fourth-order valence-corrected chi connectivity index (χ4v) is 6.39. The summed E-state index contributed by atoms with van der Waals surface area (Å²) in [7, 11) is 1.63. The molecule has 2 atom stereocenters. The van der Waals surface area contributed by atoms with E-state index in [4.69, 9.17) is 4.74 Å². The van der Waals surface area contributed by atoms with Gasteiger partial charge in [-0.1, -0.05) is 18.6 Å². The maximum Gasteiger partial charge on any atom is 0.246 e. The van der Waals surface area contributed by atoms with E-state index in [0.29, 0.717) is 19.5 Å². The number of piperidine rings is 1. The number of piperazine rings is 2. The normalized spacial score (nSPS) is 24.1. The van der Waals surface area contributed by atoms with Crippen molar-refractivity contribution < 1.29 is 14.3 Å². The smallest absolute Gasteiger partial charge is 0.246 e. The van der Waals surface area contributed by atoms with Gasteiger partial charge in [0.25, 0.3) is 0 Å². The van der Waals surface area contributed by atoms with Crippen LogP contribution in [0.1, 0.15) is 34.6 Å². The van der Waals surface area contributed by atoms with Crippen molar-refractivity contribution in [2.45, 2.75) is 50.9 Å². The topological polar surface area (TPSA) is 65.1 Å². The van der Waals surface area contributed by atoms with Crippen molar-refractivity contribution in [1.82, 2.24) is 20.0 Å². The maximum atomic E-state index is 13.2. The molecule has 0 bridgehead atoms. The standard InChI is InChI=1S/C26H34N4O3S/c1-33-20-7-5-19(6-8-20)15-23-26(32)30-14-13-29(18-24(30)25(31)27-23)17-22-10-9-21(34-22)16-28-11-3-2-4-12-28/h5-10,23-24H,2-4,11-18H2,1H3,(H,27,31)/t23-,24+/m0/s1. The number of ether oxygens (including phenoxy) is 1. The molecule has 0 aliphatic carbocycles. The SMILES string of the molecule is COc1ccc(C[C@@H]2NC(=O)[C@H]3CN(Cc4ccc(CN5CCCCC5)s4)CCN3C2=O)cc1. The van der Waals surface area contributed by atoms with Gasteiger partial charge in [0.15, 0.2) is 0 Å². The average molecular weight is 483 g/mol. The monoisotopic (exact) mass is 482 g/mol. The third-order valence-electron chi connectivity index (χ3n) is 7.19. The molecule has 3 fully saturated rings. The molecule has 0 saturated carbocycles. The van der Waals surface area contributed by atoms with Crippen molar-refractivity contribution >= 4 is 23.2 Å². The molecule has 1 N–H and O–H groups in total. The summed E-state index contributed by atoms with van der Waals surface area (Å²) in [5.74, 6) is 0.767. The molecule has 5 rings (SSSR count). The van der Waals surface area contributed by atoms with Crippen molar-refractivity contribution in [3.63, 3.8) is 0 Å². The van der Waals surface area contributed by atoms with Gasteiger partial charge in [-0.05, 0) is 55.8 Å². The molecule has 0 unspecified atom stereocenters. The summed E-state index contributed by atoms with van der Waals surface area (Å²) in [6.07, 6.45) is 4.48. The van der Waals surface area contributed by atoms with Crippen LogP contribution in [0.5, 0.6) is 5.75 Å². The van der Waals surface area contributed by atoms with Gasteiger partial charge in [-0.15, -0.1) is 11.3 Å². The number of nitrogens with zero attached hydrogens (tertiary/aromatic N) is 3. The van der Waals surface area contributed by atoms with Gasteiger partial charge in [0.1, 0.15) is 17.8 Å². The van der Waals surface area contributed by atoms with E-state index in [1.54, 1.807) is 12.0 Å². The highest BCUT2D eigenvalue weighted by Crippen LogP contribution is 2.24. The molecule has 3 aliphatic heterocycles. The molecule has 182 valence electrons. The predicted molar refractivity (Wildman–Crippen MR) is 133 cm³/mol. The minimum absolute atomic E-state index is 0.0278. The summed E-state index contributed by atoms with van der Waals surface area (Å²) in [6.45, 7) is 6.29. The number of benzene rings is 1. The minimum atomic E-state index is -0.502. The van der Waals surface area contributed by atoms with Crippen LogP contribution >= 0.6 is 11.3 Å². The molecular weight excluding hydrogens is 448 g/mol. The van der Waals surface area contributed by atoms with Gasteiger partial charge < -0.3 is 15.0 Å². The fourth-order valence-electron chi connectivity index (χ4n) is 5.29. The van der Waals surface area contributed by atoms with Crippen LogP contribution in [-0.2, 0) is 29.1 Å². The number of hydrogen-bond acceptors (Lipinski definition) is 6. The highest BCUT2D eigenvalue weighted by atomic mass is 32.1. The van der Waals surface area contributed by atoms with Crippen LogP contribution in [0.4, 0.5) is 0 Å². The van der Waals surface area contributed by atoms with Gasteiger partial charge in [-0.25, -0.2) is 0 Å². The first-order valence-corrected chi connectivity index (χ1v) is 13.2. The van der Waals surface area contributed by atoms with E-state index in [1.807, 2.05) is 35.6 Å². The lowest BCUT2D eigenvalue weighted by Crippen LogP contribution is -2.69. The molecule has 1 aromatic heterocycles. The zero-order valence-electron chi connectivity index (χ0n) is 19.9. The van der Waals surface area contributed by atoms with Crippen molar-refractivity contribution in [3.05, 3.63) is 51.7 Å². The Balaban J connectivity index is 1.16. The lowest BCUT2D eigenvalue weighted by atomic mass is 9.98. The molecule has 1 aromatic carbocycles. The van der Waals surface area contributed by atoms with Gasteiger partial charge >= 0.3 is 0 Å². The second-order valence-electron chi connectivity index (χ2n) is 9.60. The molecule has 8 heteroatoms. The van der Waals surface area contributed by atoms with Crippen LogP contribution in [0.15, 0.2) is 36.4 Å². The van der Waals surface area contributed by atoms with Crippen molar-refractivity contribution in [2.24, 2.45) is 0 Å². The van der Waals surface area contributed by atoms with E-state index in [-0.39, 0.29) is 11.8 Å². The van der Waals surface area contributed by atoms with Crippen LogP contribution in [0.2, 0.25) is 0 Å². The van der Waals surface area contributed by atoms with Gasteiger partial charge in [0.2, 0.25) is 11.8 Å². The fraction of sp³-hybridized carbons (Fsp3) is 0.538. The molecule has 2 amide bonds. The van der Waals surface area contributed by atoms with Crippen molar-refractivity contribution in [1.29, 1.82) is 0 Å². The average Bonchev–Trinajstić information content (AvgIpc) is 3.30. The Kier molecular flexibility index (Phi) is 7.18. The lowest BCUT2D eigenvalue weighted by molar-refractivity contribution is -0.153. The number of hydrogen-bond donors (Lipinski definition) is 1. The van der Waals surface area contributed by atoms with E-state index in [1.165, 1.54) is 42.1 Å². The van der Waals surface area contributed by atoms with Gasteiger partial charge in [-0.2, -0.15) is 0 Å². The number of carbonyl (C=O) groups is 2. The van der Waals surface area contributed by atoms with Crippen molar-refractivity contribution in [3.8, 4) is 5.75 Å². The van der Waals surface area contributed by atoms with Crippen LogP contribution in [0, 0.1) is 0 Å². The second kappa shape index (κ2) is 10.5. The van der Waals surface area contributed by atoms with Crippen LogP contribution in [0.3, 0.4) is 0 Å². The first-order valence-electron chi connectivity index (χ1n) is 12.3. The highest BCUT2D eigenvalue weighted by molar-refractivity contribution is 7.11. The Hall–Kier alpha value is -2.42. The van der Waals surface area contributed by atoms with Crippen LogP contribution in [-0.4, -0.2) is 78.4 Å². The number of carbonyl (C=O) groups excluding carboxylic acids is 2. The number of rotatable bonds is 7. The Labute approximate surface area is 205 Å². The summed E-state index contributed by atoms with van der Waals surface area (Å²) in [6, 6.07) is 11.2. The first kappa shape index (κ1) is 23.3. The zero-order chi connectivity index (χ0) is 23.5. The lowest BCUT2D eigenvalue weighted by Gasteiger charge is -2.45. The number of fused-ring (bicyclic) bond motifs is 1. The molecule has 0 spiro atoms. The number of amides is 2. The van der Waals surface area contributed by atoms with E-state index in [2.05, 4.69) is 27.2 Å². The van der Waals surface area contributed by atoms with Crippen LogP contribution < -0.4 is 10.1 Å². The summed E-state index contributed by atoms with van der Waals surface area (Å²) in [5.41, 5.74) is 1.01. The Morgan fingerprint density at radius 3 is 2.32 bits per heavy atom. The molecule has 3 aliphatic rings. The van der Waals surface area contributed by atoms with E-state index < -0.39 is 12.1 Å². The zero-order valence-corrected chi connectivity index (χ0v) is 20.7. The predicted octanol–water partition coefficient (Wildman–Crippen LogP) is 2.50. The molecule has 34 heavy (non-hydrogen) atoms. The quantitative estimate of drug-likeness (QED) is 0.657. The van der Waals surface area contributed by atoms with Gasteiger partial charge in [0.05, 0.1) is 7.11 Å². The largest absolute Gasteiger partial charge is 0.497 e. The number of nitrogens with one attached hydrogen (secondary N) is 1. The summed E-state index contributed by atoms with van der Waals surface area (Å²) in [5, 5.41) is 2.99. The number of thiophene rings is 1. The third kappa shape index (κ3) is 5.29. The van der Waals surface area contributed by atoms with E-state index in [9.17, 15) is 9.59 Å². The number of likely N-dealkylation sites (tertiary alicyclic amines) is 1. The Morgan fingerprint density at radius 1 is 0.912 bits per heavy atom. The van der Waals surface area contributed by atoms with Gasteiger partial charge in [-0.3, -0.25) is 19.4 Å². The molecule has 0 radical (unpaired) electrons. The minimum Gasteiger partial charge on any atom is -0.497 e. The summed E-state index contributed by atoms with van der Waals surface area (Å²) >= 11 is 1.88. The Bertz CT molecular complexity index is 1000. The van der Waals surface area contributed by atoms with E-state index in [0.717, 1.165) is 30.9 Å². The first-order chi connectivity index (χ1) is 16.6. The summed E-state index contributed by atoms with van der Waals surface area (Å²) in [4.78, 5) is 35.5. The highest BCUT2D eigenvalue weighted by Gasteiger charge is 2.43. The molecule has 3 saturated heterocycles.